The van der Waals surface area contributed by atoms with Gasteiger partial charge in [0.05, 0.1) is 12.7 Å². The monoisotopic (exact) mass is 222 g/mol. The van der Waals surface area contributed by atoms with E-state index in [1.165, 1.54) is 12.8 Å². The van der Waals surface area contributed by atoms with E-state index in [0.717, 1.165) is 24.0 Å². The van der Waals surface area contributed by atoms with Gasteiger partial charge in [-0.25, -0.2) is 0 Å². The van der Waals surface area contributed by atoms with Crippen LogP contribution in [0, 0.1) is 0 Å². The van der Waals surface area contributed by atoms with Gasteiger partial charge < -0.3 is 9.84 Å². The summed E-state index contributed by atoms with van der Waals surface area (Å²) >= 11 is 0. The molecular weight excluding hydrogens is 200 g/mol. The highest BCUT2D eigenvalue weighted by molar-refractivity contribution is 5.24. The van der Waals surface area contributed by atoms with E-state index < -0.39 is 0 Å². The van der Waals surface area contributed by atoms with Gasteiger partial charge in [0.2, 0.25) is 0 Å². The Morgan fingerprint density at radius 3 is 2.81 bits per heavy atom. The molecule has 0 bridgehead atoms. The minimum Gasteiger partial charge on any atom is -0.388 e. The van der Waals surface area contributed by atoms with Crippen molar-refractivity contribution >= 4 is 0 Å². The minimum atomic E-state index is -0.330. The molecule has 90 valence electrons. The van der Waals surface area contributed by atoms with Crippen molar-refractivity contribution in [3.05, 3.63) is 35.4 Å². The topological polar surface area (TPSA) is 29.5 Å². The Bertz CT molecular complexity index is 297. The molecule has 0 aliphatic heterocycles. The molecular formula is C14H22O2. The average Bonchev–Trinajstić information content (AvgIpc) is 2.30. The fourth-order valence-electron chi connectivity index (χ4n) is 1.81. The van der Waals surface area contributed by atoms with Crippen LogP contribution in [-0.2, 0) is 11.3 Å². The summed E-state index contributed by atoms with van der Waals surface area (Å²) < 4.78 is 5.08. The summed E-state index contributed by atoms with van der Waals surface area (Å²) in [5.41, 5.74) is 2.13. The molecule has 0 radical (unpaired) electrons. The van der Waals surface area contributed by atoms with Crippen molar-refractivity contribution in [1.29, 1.82) is 0 Å². The first kappa shape index (κ1) is 13.2. The molecule has 0 aliphatic rings. The van der Waals surface area contributed by atoms with Gasteiger partial charge in [0.25, 0.3) is 0 Å². The molecule has 1 unspecified atom stereocenters. The second-order valence-corrected chi connectivity index (χ2v) is 4.19. The highest BCUT2D eigenvalue weighted by Crippen LogP contribution is 2.20. The molecule has 0 fully saturated rings. The molecule has 0 spiro atoms. The highest BCUT2D eigenvalue weighted by Gasteiger charge is 2.07. The van der Waals surface area contributed by atoms with Gasteiger partial charge in [-0.3, -0.25) is 0 Å². The summed E-state index contributed by atoms with van der Waals surface area (Å²) in [4.78, 5) is 0. The molecule has 2 heteroatoms. The molecule has 0 heterocycles. The Morgan fingerprint density at radius 2 is 2.12 bits per heavy atom. The number of aliphatic hydroxyl groups excluding tert-OH is 1. The number of aliphatic hydroxyl groups is 1. The highest BCUT2D eigenvalue weighted by atomic mass is 16.5. The first-order chi connectivity index (χ1) is 7.77. The predicted octanol–water partition coefficient (Wildman–Crippen LogP) is 3.45. The van der Waals surface area contributed by atoms with Gasteiger partial charge in [-0.2, -0.15) is 0 Å². The zero-order valence-electron chi connectivity index (χ0n) is 10.3. The zero-order valence-corrected chi connectivity index (χ0v) is 10.3. The number of rotatable bonds is 7. The van der Waals surface area contributed by atoms with Crippen molar-refractivity contribution < 1.29 is 9.84 Å². The maximum absolute atomic E-state index is 10.00. The van der Waals surface area contributed by atoms with Gasteiger partial charge in [0.1, 0.15) is 0 Å². The lowest BCUT2D eigenvalue weighted by atomic mass is 10.0. The standard InChI is InChI=1S/C14H22O2/c1-3-4-5-9-14(15)13-8-6-7-12(10-13)11-16-2/h6-8,10,14-15H,3-5,9,11H2,1-2H3. The van der Waals surface area contributed by atoms with E-state index in [1.807, 2.05) is 24.3 Å². The van der Waals surface area contributed by atoms with E-state index in [0.29, 0.717) is 6.61 Å². The number of benzene rings is 1. The van der Waals surface area contributed by atoms with Gasteiger partial charge in [0.15, 0.2) is 0 Å². The van der Waals surface area contributed by atoms with Gasteiger partial charge in [-0.15, -0.1) is 0 Å². The molecule has 0 saturated heterocycles. The van der Waals surface area contributed by atoms with Gasteiger partial charge in [-0.05, 0) is 17.5 Å². The van der Waals surface area contributed by atoms with E-state index in [9.17, 15) is 5.11 Å². The molecule has 0 aromatic heterocycles. The smallest absolute Gasteiger partial charge is 0.0790 e. The SMILES string of the molecule is CCCCCC(O)c1cccc(COC)c1. The summed E-state index contributed by atoms with van der Waals surface area (Å²) in [6, 6.07) is 8.01. The first-order valence-corrected chi connectivity index (χ1v) is 6.03. The van der Waals surface area contributed by atoms with Crippen molar-refractivity contribution in [2.24, 2.45) is 0 Å². The molecule has 0 amide bonds. The Hall–Kier alpha value is -0.860. The van der Waals surface area contributed by atoms with E-state index >= 15 is 0 Å². The van der Waals surface area contributed by atoms with E-state index in [4.69, 9.17) is 4.74 Å². The van der Waals surface area contributed by atoms with Crippen LogP contribution in [0.4, 0.5) is 0 Å². The minimum absolute atomic E-state index is 0.330. The van der Waals surface area contributed by atoms with Gasteiger partial charge >= 0.3 is 0 Å². The third-order valence-electron chi connectivity index (χ3n) is 2.73. The molecule has 2 nitrogen and oxygen atoms in total. The maximum atomic E-state index is 10.00. The second kappa shape index (κ2) is 7.42. The summed E-state index contributed by atoms with van der Waals surface area (Å²) in [6.07, 6.45) is 3.99. The fraction of sp³-hybridized carbons (Fsp3) is 0.571. The largest absolute Gasteiger partial charge is 0.388 e. The van der Waals surface area contributed by atoms with Crippen LogP contribution in [-0.4, -0.2) is 12.2 Å². The molecule has 1 N–H and O–H groups in total. The molecule has 0 aliphatic carbocycles. The van der Waals surface area contributed by atoms with Crippen LogP contribution in [0.2, 0.25) is 0 Å². The van der Waals surface area contributed by atoms with Crippen LogP contribution < -0.4 is 0 Å². The van der Waals surface area contributed by atoms with Crippen LogP contribution in [0.25, 0.3) is 0 Å². The van der Waals surface area contributed by atoms with Crippen molar-refractivity contribution in [2.75, 3.05) is 7.11 Å². The molecule has 16 heavy (non-hydrogen) atoms. The maximum Gasteiger partial charge on any atom is 0.0790 e. The molecule has 1 atom stereocenters. The number of hydrogen-bond acceptors (Lipinski definition) is 2. The zero-order chi connectivity index (χ0) is 11.8. The number of methoxy groups -OCH3 is 1. The number of hydrogen-bond donors (Lipinski definition) is 1. The third-order valence-corrected chi connectivity index (χ3v) is 2.73. The summed E-state index contributed by atoms with van der Waals surface area (Å²) in [5, 5.41) is 10.00. The van der Waals surface area contributed by atoms with Crippen LogP contribution in [0.5, 0.6) is 0 Å². The van der Waals surface area contributed by atoms with E-state index in [-0.39, 0.29) is 6.10 Å². The Kier molecular flexibility index (Phi) is 6.12. The Labute approximate surface area is 98.3 Å². The first-order valence-electron chi connectivity index (χ1n) is 6.03. The molecule has 1 aromatic rings. The molecule has 1 aromatic carbocycles. The fourth-order valence-corrected chi connectivity index (χ4v) is 1.81. The van der Waals surface area contributed by atoms with Crippen LogP contribution >= 0.6 is 0 Å². The van der Waals surface area contributed by atoms with Gasteiger partial charge in [-0.1, -0.05) is 50.5 Å². The summed E-state index contributed by atoms with van der Waals surface area (Å²) in [7, 11) is 1.68. The normalized spacial score (nSPS) is 12.7. The van der Waals surface area contributed by atoms with Gasteiger partial charge in [0, 0.05) is 7.11 Å². The Morgan fingerprint density at radius 1 is 1.31 bits per heavy atom. The average molecular weight is 222 g/mol. The number of unbranched alkanes of at least 4 members (excludes halogenated alkanes) is 2. The lowest BCUT2D eigenvalue weighted by Crippen LogP contribution is -1.99. The quantitative estimate of drug-likeness (QED) is 0.716. The van der Waals surface area contributed by atoms with Crippen LogP contribution in [0.3, 0.4) is 0 Å². The third kappa shape index (κ3) is 4.33. The van der Waals surface area contributed by atoms with E-state index in [1.54, 1.807) is 7.11 Å². The lowest BCUT2D eigenvalue weighted by Gasteiger charge is -2.11. The van der Waals surface area contributed by atoms with E-state index in [2.05, 4.69) is 6.92 Å². The van der Waals surface area contributed by atoms with Crippen molar-refractivity contribution in [3.63, 3.8) is 0 Å². The number of ether oxygens (including phenoxy) is 1. The Balaban J connectivity index is 2.53. The molecule has 1 rings (SSSR count). The second-order valence-electron chi connectivity index (χ2n) is 4.19. The molecule has 0 saturated carbocycles. The van der Waals surface area contributed by atoms with Crippen molar-refractivity contribution in [1.82, 2.24) is 0 Å². The van der Waals surface area contributed by atoms with Crippen molar-refractivity contribution in [2.45, 2.75) is 45.3 Å². The lowest BCUT2D eigenvalue weighted by molar-refractivity contribution is 0.162. The predicted molar refractivity (Wildman–Crippen MR) is 66.3 cm³/mol. The summed E-state index contributed by atoms with van der Waals surface area (Å²) in [5.74, 6) is 0. The van der Waals surface area contributed by atoms with Crippen LogP contribution in [0.15, 0.2) is 24.3 Å². The van der Waals surface area contributed by atoms with Crippen molar-refractivity contribution in [3.8, 4) is 0 Å². The summed E-state index contributed by atoms with van der Waals surface area (Å²) in [6.45, 7) is 2.78. The van der Waals surface area contributed by atoms with Crippen LogP contribution in [0.1, 0.15) is 49.8 Å².